The van der Waals surface area contributed by atoms with Gasteiger partial charge >= 0.3 is 17.9 Å². The molecule has 3 aromatic carbocycles. The van der Waals surface area contributed by atoms with Crippen LogP contribution in [0.25, 0.3) is 11.1 Å². The first-order chi connectivity index (χ1) is 26.3. The van der Waals surface area contributed by atoms with Crippen LogP contribution >= 0.6 is 0 Å². The number of carbonyl (C=O) groups excluding carboxylic acids is 3. The highest BCUT2D eigenvalue weighted by Gasteiger charge is 2.22. The second kappa shape index (κ2) is 24.3. The van der Waals surface area contributed by atoms with E-state index in [2.05, 4.69) is 13.8 Å². The Morgan fingerprint density at radius 2 is 1.07 bits per heavy atom. The van der Waals surface area contributed by atoms with Gasteiger partial charge in [-0.1, -0.05) is 122 Å². The molecule has 54 heavy (non-hydrogen) atoms. The summed E-state index contributed by atoms with van der Waals surface area (Å²) in [7, 11) is 0. The normalized spacial score (nSPS) is 14.2. The summed E-state index contributed by atoms with van der Waals surface area (Å²) in [5, 5.41) is 0. The SMILES string of the molecule is CCCCCCCCCCC(OC(=O)CC1CCCCC1)Oc1ccc(-c2ccc(C(=O)Oc3ccc(C(=O)OC(C)CCCCCC)cc3)cc2)cc1. The first-order valence-electron chi connectivity index (χ1n) is 20.9. The summed E-state index contributed by atoms with van der Waals surface area (Å²) in [5.74, 6) is 0.413. The minimum absolute atomic E-state index is 0.144. The maximum absolute atomic E-state index is 12.9. The van der Waals surface area contributed by atoms with Gasteiger partial charge < -0.3 is 18.9 Å². The van der Waals surface area contributed by atoms with Crippen molar-refractivity contribution in [2.75, 3.05) is 0 Å². The molecular weight excluding hydrogens is 677 g/mol. The molecule has 2 atom stereocenters. The maximum Gasteiger partial charge on any atom is 0.343 e. The van der Waals surface area contributed by atoms with Gasteiger partial charge in [0.1, 0.15) is 11.5 Å². The highest BCUT2D eigenvalue weighted by atomic mass is 16.7. The van der Waals surface area contributed by atoms with Crippen molar-refractivity contribution in [3.05, 3.63) is 83.9 Å². The smallest absolute Gasteiger partial charge is 0.343 e. The highest BCUT2D eigenvalue weighted by molar-refractivity contribution is 5.92. The van der Waals surface area contributed by atoms with Gasteiger partial charge in [0.05, 0.1) is 17.2 Å². The molecule has 0 heterocycles. The highest BCUT2D eigenvalue weighted by Crippen LogP contribution is 2.28. The lowest BCUT2D eigenvalue weighted by Crippen LogP contribution is -2.26. The van der Waals surface area contributed by atoms with Crippen molar-refractivity contribution in [1.29, 1.82) is 0 Å². The number of unbranched alkanes of at least 4 members (excludes halogenated alkanes) is 10. The molecule has 0 amide bonds. The minimum atomic E-state index is -0.601. The van der Waals surface area contributed by atoms with Gasteiger partial charge in [0.15, 0.2) is 0 Å². The van der Waals surface area contributed by atoms with Gasteiger partial charge in [0.25, 0.3) is 0 Å². The van der Waals surface area contributed by atoms with E-state index in [4.69, 9.17) is 18.9 Å². The zero-order valence-electron chi connectivity index (χ0n) is 33.2. The molecule has 2 unspecified atom stereocenters. The molecule has 7 heteroatoms. The quantitative estimate of drug-likeness (QED) is 0.0391. The number of benzene rings is 3. The predicted octanol–water partition coefficient (Wildman–Crippen LogP) is 12.8. The number of hydrogen-bond acceptors (Lipinski definition) is 7. The van der Waals surface area contributed by atoms with E-state index in [-0.39, 0.29) is 18.0 Å². The van der Waals surface area contributed by atoms with Gasteiger partial charge in [0.2, 0.25) is 6.29 Å². The zero-order chi connectivity index (χ0) is 38.4. The van der Waals surface area contributed by atoms with E-state index in [1.807, 2.05) is 43.3 Å². The van der Waals surface area contributed by atoms with E-state index in [1.165, 1.54) is 70.6 Å². The van der Waals surface area contributed by atoms with Crippen LogP contribution in [-0.4, -0.2) is 30.3 Å². The van der Waals surface area contributed by atoms with Gasteiger partial charge in [-0.05, 0) is 105 Å². The minimum Gasteiger partial charge on any atom is -0.459 e. The molecule has 0 aromatic heterocycles. The van der Waals surface area contributed by atoms with Crippen LogP contribution in [-0.2, 0) is 14.3 Å². The van der Waals surface area contributed by atoms with Crippen LogP contribution in [0.3, 0.4) is 0 Å². The summed E-state index contributed by atoms with van der Waals surface area (Å²) in [6.45, 7) is 6.33. The Hall–Kier alpha value is -4.13. The van der Waals surface area contributed by atoms with Gasteiger partial charge in [-0.25, -0.2) is 9.59 Å². The van der Waals surface area contributed by atoms with Gasteiger partial charge in [0, 0.05) is 12.8 Å². The van der Waals surface area contributed by atoms with Crippen molar-refractivity contribution in [3.8, 4) is 22.6 Å². The van der Waals surface area contributed by atoms with E-state index in [9.17, 15) is 14.4 Å². The second-order valence-corrected chi connectivity index (χ2v) is 15.1. The molecule has 1 fully saturated rings. The van der Waals surface area contributed by atoms with Crippen molar-refractivity contribution in [2.45, 2.75) is 162 Å². The van der Waals surface area contributed by atoms with Crippen molar-refractivity contribution in [2.24, 2.45) is 5.92 Å². The Morgan fingerprint density at radius 1 is 0.574 bits per heavy atom. The van der Waals surface area contributed by atoms with Crippen LogP contribution in [0.4, 0.5) is 0 Å². The monoisotopic (exact) mass is 740 g/mol. The van der Waals surface area contributed by atoms with Crippen molar-refractivity contribution in [3.63, 3.8) is 0 Å². The molecule has 0 N–H and O–H groups in total. The Kier molecular flexibility index (Phi) is 19.2. The summed E-state index contributed by atoms with van der Waals surface area (Å²) in [4.78, 5) is 38.4. The third-order valence-corrected chi connectivity index (χ3v) is 10.4. The molecule has 1 aliphatic carbocycles. The summed E-state index contributed by atoms with van der Waals surface area (Å²) in [5.41, 5.74) is 2.74. The standard InChI is InChI=1S/C47H64O7/c1-4-6-8-10-11-12-13-18-22-45(54-44(48)35-37-20-16-14-17-21-37)52-42-31-27-39(28-32-42)38-23-25-40(26-24-38)47(50)53-43-33-29-41(30-34-43)46(49)51-36(3)19-15-9-7-5-2/h23-34,36-37,45H,4-22,35H2,1-3H3. The Morgan fingerprint density at radius 3 is 1.70 bits per heavy atom. The fourth-order valence-electron chi connectivity index (χ4n) is 7.08. The molecule has 0 radical (unpaired) electrons. The predicted molar refractivity (Wildman–Crippen MR) is 216 cm³/mol. The lowest BCUT2D eigenvalue weighted by atomic mass is 9.87. The fourth-order valence-corrected chi connectivity index (χ4v) is 7.08. The molecule has 0 saturated heterocycles. The fraction of sp³-hybridized carbons (Fsp3) is 0.553. The number of carbonyl (C=O) groups is 3. The average Bonchev–Trinajstić information content (AvgIpc) is 3.18. The molecule has 1 aliphatic rings. The third-order valence-electron chi connectivity index (χ3n) is 10.4. The van der Waals surface area contributed by atoms with Gasteiger partial charge in [-0.15, -0.1) is 0 Å². The lowest BCUT2D eigenvalue weighted by molar-refractivity contribution is -0.166. The van der Waals surface area contributed by atoms with E-state index >= 15 is 0 Å². The van der Waals surface area contributed by atoms with Crippen LogP contribution in [0.1, 0.15) is 170 Å². The average molecular weight is 741 g/mol. The van der Waals surface area contributed by atoms with E-state index in [0.29, 0.717) is 41.4 Å². The molecule has 294 valence electrons. The summed E-state index contributed by atoms with van der Waals surface area (Å²) >= 11 is 0. The molecule has 1 saturated carbocycles. The van der Waals surface area contributed by atoms with Crippen molar-refractivity contribution in [1.82, 2.24) is 0 Å². The van der Waals surface area contributed by atoms with Crippen LogP contribution in [0.15, 0.2) is 72.8 Å². The van der Waals surface area contributed by atoms with Crippen molar-refractivity contribution >= 4 is 17.9 Å². The number of hydrogen-bond donors (Lipinski definition) is 0. The molecule has 0 aliphatic heterocycles. The van der Waals surface area contributed by atoms with Gasteiger partial charge in [-0.2, -0.15) is 0 Å². The third kappa shape index (κ3) is 15.7. The Bertz CT molecular complexity index is 1510. The number of ether oxygens (including phenoxy) is 4. The van der Waals surface area contributed by atoms with E-state index in [0.717, 1.165) is 56.1 Å². The summed E-state index contributed by atoms with van der Waals surface area (Å²) in [6.07, 6.45) is 21.3. The molecule has 3 aromatic rings. The zero-order valence-corrected chi connectivity index (χ0v) is 33.2. The molecule has 7 nitrogen and oxygen atoms in total. The van der Waals surface area contributed by atoms with Crippen LogP contribution in [0.2, 0.25) is 0 Å². The molecular formula is C47H64O7. The number of esters is 3. The Labute approximate surface area is 324 Å². The van der Waals surface area contributed by atoms with E-state index < -0.39 is 12.3 Å². The first kappa shape index (κ1) is 42.6. The Balaban J connectivity index is 1.27. The molecule has 4 rings (SSSR count). The largest absolute Gasteiger partial charge is 0.459 e. The first-order valence-corrected chi connectivity index (χ1v) is 20.9. The topological polar surface area (TPSA) is 88.1 Å². The summed E-state index contributed by atoms with van der Waals surface area (Å²) < 4.78 is 23.3. The van der Waals surface area contributed by atoms with Gasteiger partial charge in [-0.3, -0.25) is 4.79 Å². The van der Waals surface area contributed by atoms with Crippen LogP contribution in [0, 0.1) is 5.92 Å². The van der Waals surface area contributed by atoms with Crippen LogP contribution < -0.4 is 9.47 Å². The van der Waals surface area contributed by atoms with Crippen LogP contribution in [0.5, 0.6) is 11.5 Å². The second-order valence-electron chi connectivity index (χ2n) is 15.1. The summed E-state index contributed by atoms with van der Waals surface area (Å²) in [6, 6.07) is 21.4. The lowest BCUT2D eigenvalue weighted by Gasteiger charge is -2.23. The maximum atomic E-state index is 12.9. The van der Waals surface area contributed by atoms with E-state index in [1.54, 1.807) is 36.4 Å². The molecule has 0 bridgehead atoms. The molecule has 0 spiro atoms. The van der Waals surface area contributed by atoms with Crippen molar-refractivity contribution < 1.29 is 33.3 Å². The number of rotatable bonds is 24.